The Morgan fingerprint density at radius 2 is 1.54 bits per heavy atom. The van der Waals surface area contributed by atoms with Gasteiger partial charge in [-0.3, -0.25) is 9.59 Å². The van der Waals surface area contributed by atoms with Crippen LogP contribution < -0.4 is 24.7 Å². The lowest BCUT2D eigenvalue weighted by molar-refractivity contribution is 0.0984. The van der Waals surface area contributed by atoms with Crippen LogP contribution in [0, 0.1) is 13.8 Å². The van der Waals surface area contributed by atoms with E-state index in [9.17, 15) is 9.59 Å². The lowest BCUT2D eigenvalue weighted by Gasteiger charge is -2.24. The second-order valence-electron chi connectivity index (χ2n) is 8.36. The molecule has 0 saturated carbocycles. The molecule has 180 valence electrons. The number of anilines is 1. The van der Waals surface area contributed by atoms with E-state index in [1.165, 1.54) is 21.3 Å². The number of rotatable bonds is 7. The maximum atomic E-state index is 13.9. The number of amides is 1. The highest BCUT2D eigenvalue weighted by Crippen LogP contribution is 2.39. The fraction of sp³-hybridized carbons (Fsp3) is 0.214. The van der Waals surface area contributed by atoms with Crippen LogP contribution in [0.25, 0.3) is 10.9 Å². The van der Waals surface area contributed by atoms with Crippen LogP contribution in [-0.2, 0) is 6.54 Å². The topological polar surface area (TPSA) is 80.9 Å². The molecule has 0 bridgehead atoms. The molecular weight excluding hydrogens is 444 g/mol. The summed E-state index contributed by atoms with van der Waals surface area (Å²) in [6.45, 7) is 4.01. The molecule has 0 saturated heterocycles. The van der Waals surface area contributed by atoms with Gasteiger partial charge in [0.1, 0.15) is 0 Å². The van der Waals surface area contributed by atoms with Gasteiger partial charge in [-0.1, -0.05) is 24.3 Å². The first kappa shape index (κ1) is 23.9. The molecule has 0 unspecified atom stereocenters. The Balaban J connectivity index is 1.83. The molecule has 1 N–H and O–H groups in total. The molecule has 0 aliphatic heterocycles. The molecular formula is C28H28N2O5. The Labute approximate surface area is 203 Å². The molecule has 0 spiro atoms. The predicted octanol–water partition coefficient (Wildman–Crippen LogP) is 5.02. The summed E-state index contributed by atoms with van der Waals surface area (Å²) in [4.78, 5) is 31.4. The summed E-state index contributed by atoms with van der Waals surface area (Å²) in [5, 5.41) is 0.898. The quantitative estimate of drug-likeness (QED) is 0.409. The van der Waals surface area contributed by atoms with E-state index in [2.05, 4.69) is 4.98 Å². The molecule has 4 rings (SSSR count). The van der Waals surface area contributed by atoms with Gasteiger partial charge in [0.2, 0.25) is 5.75 Å². The van der Waals surface area contributed by atoms with Gasteiger partial charge in [-0.2, -0.15) is 0 Å². The monoisotopic (exact) mass is 472 g/mol. The maximum absolute atomic E-state index is 13.9. The Hall–Kier alpha value is -4.26. The van der Waals surface area contributed by atoms with Crippen LogP contribution in [0.4, 0.5) is 5.69 Å². The number of aryl methyl sites for hydroxylation is 2. The number of fused-ring (bicyclic) bond motifs is 1. The van der Waals surface area contributed by atoms with Crippen molar-refractivity contribution in [1.82, 2.24) is 4.98 Å². The van der Waals surface area contributed by atoms with Crippen LogP contribution in [0.15, 0.2) is 65.5 Å². The number of methoxy groups -OCH3 is 3. The maximum Gasteiger partial charge on any atom is 0.258 e. The number of H-pyrrole nitrogens is 1. The van der Waals surface area contributed by atoms with Crippen molar-refractivity contribution in [2.24, 2.45) is 0 Å². The number of carbonyl (C=O) groups excluding carboxylic acids is 1. The highest BCUT2D eigenvalue weighted by atomic mass is 16.5. The molecule has 7 heteroatoms. The first-order chi connectivity index (χ1) is 16.8. The Morgan fingerprint density at radius 3 is 2.17 bits per heavy atom. The van der Waals surface area contributed by atoms with Crippen molar-refractivity contribution < 1.29 is 19.0 Å². The number of carbonyl (C=O) groups is 1. The number of hydrogen-bond acceptors (Lipinski definition) is 5. The average molecular weight is 473 g/mol. The summed E-state index contributed by atoms with van der Waals surface area (Å²) in [7, 11) is 4.51. The fourth-order valence-corrected chi connectivity index (χ4v) is 4.08. The van der Waals surface area contributed by atoms with Crippen LogP contribution in [0.3, 0.4) is 0 Å². The van der Waals surface area contributed by atoms with Crippen molar-refractivity contribution in [3.63, 3.8) is 0 Å². The number of nitrogens with zero attached hydrogens (tertiary/aromatic N) is 1. The standard InChI is InChI=1S/C28H28N2O5/c1-17-7-6-8-22(11-17)30(16-21-13-19-10-9-18(2)12-23(19)29-27(21)31)28(32)20-14-24(33-3)26(35-5)25(15-20)34-4/h6-15H,16H2,1-5H3,(H,29,31). The average Bonchev–Trinajstić information content (AvgIpc) is 2.86. The second-order valence-corrected chi connectivity index (χ2v) is 8.36. The lowest BCUT2D eigenvalue weighted by Crippen LogP contribution is -2.33. The first-order valence-electron chi connectivity index (χ1n) is 11.2. The Bertz CT molecular complexity index is 1430. The van der Waals surface area contributed by atoms with E-state index >= 15 is 0 Å². The van der Waals surface area contributed by atoms with Crippen molar-refractivity contribution in [1.29, 1.82) is 0 Å². The minimum Gasteiger partial charge on any atom is -0.493 e. The van der Waals surface area contributed by atoms with E-state index in [-0.39, 0.29) is 18.0 Å². The van der Waals surface area contributed by atoms with Gasteiger partial charge < -0.3 is 24.1 Å². The van der Waals surface area contributed by atoms with E-state index in [1.807, 2.05) is 62.4 Å². The SMILES string of the molecule is COc1cc(C(=O)N(Cc2cc3ccc(C)cc3[nH]c2=O)c2cccc(C)c2)cc(OC)c1OC. The third-order valence-electron chi connectivity index (χ3n) is 5.88. The smallest absolute Gasteiger partial charge is 0.258 e. The molecule has 1 amide bonds. The number of benzene rings is 3. The molecule has 35 heavy (non-hydrogen) atoms. The predicted molar refractivity (Wildman–Crippen MR) is 137 cm³/mol. The fourth-order valence-electron chi connectivity index (χ4n) is 4.08. The summed E-state index contributed by atoms with van der Waals surface area (Å²) < 4.78 is 16.3. The zero-order chi connectivity index (χ0) is 25.1. The highest BCUT2D eigenvalue weighted by molar-refractivity contribution is 6.07. The number of nitrogens with one attached hydrogen (secondary N) is 1. The minimum absolute atomic E-state index is 0.0814. The van der Waals surface area contributed by atoms with Gasteiger partial charge in [-0.25, -0.2) is 0 Å². The van der Waals surface area contributed by atoms with Crippen molar-refractivity contribution in [3.8, 4) is 17.2 Å². The second kappa shape index (κ2) is 9.93. The van der Waals surface area contributed by atoms with Gasteiger partial charge in [-0.15, -0.1) is 0 Å². The summed E-state index contributed by atoms with van der Waals surface area (Å²) in [5.74, 6) is 0.838. The van der Waals surface area contributed by atoms with E-state index in [0.717, 1.165) is 22.0 Å². The van der Waals surface area contributed by atoms with Gasteiger partial charge in [0.25, 0.3) is 11.5 Å². The van der Waals surface area contributed by atoms with E-state index in [1.54, 1.807) is 17.0 Å². The highest BCUT2D eigenvalue weighted by Gasteiger charge is 2.24. The Kier molecular flexibility index (Phi) is 6.78. The summed E-state index contributed by atoms with van der Waals surface area (Å²) in [5.41, 5.74) is 4.06. The zero-order valence-electron chi connectivity index (χ0n) is 20.5. The van der Waals surface area contributed by atoms with Crippen molar-refractivity contribution >= 4 is 22.5 Å². The van der Waals surface area contributed by atoms with E-state index < -0.39 is 0 Å². The van der Waals surface area contributed by atoms with Crippen LogP contribution in [0.1, 0.15) is 27.0 Å². The van der Waals surface area contributed by atoms with Crippen LogP contribution in [0.5, 0.6) is 17.2 Å². The molecule has 0 atom stereocenters. The van der Waals surface area contributed by atoms with Gasteiger partial charge in [-0.05, 0) is 66.8 Å². The molecule has 4 aromatic rings. The number of ether oxygens (including phenoxy) is 3. The Morgan fingerprint density at radius 1 is 0.857 bits per heavy atom. The zero-order valence-corrected chi connectivity index (χ0v) is 20.5. The molecule has 0 aliphatic rings. The van der Waals surface area contributed by atoms with E-state index in [0.29, 0.717) is 34.1 Å². The molecule has 0 radical (unpaired) electrons. The van der Waals surface area contributed by atoms with Gasteiger partial charge >= 0.3 is 0 Å². The van der Waals surface area contributed by atoms with Crippen molar-refractivity contribution in [2.45, 2.75) is 20.4 Å². The number of aromatic amines is 1. The van der Waals surface area contributed by atoms with E-state index in [4.69, 9.17) is 14.2 Å². The number of aromatic nitrogens is 1. The molecule has 1 heterocycles. The van der Waals surface area contributed by atoms with Crippen LogP contribution in [0.2, 0.25) is 0 Å². The van der Waals surface area contributed by atoms with Gasteiger partial charge in [0.05, 0.1) is 27.9 Å². The molecule has 3 aromatic carbocycles. The number of hydrogen-bond donors (Lipinski definition) is 1. The first-order valence-corrected chi connectivity index (χ1v) is 11.2. The molecule has 0 fully saturated rings. The van der Waals surface area contributed by atoms with Gasteiger partial charge in [0.15, 0.2) is 11.5 Å². The summed E-state index contributed by atoms with van der Waals surface area (Å²) in [6.07, 6.45) is 0. The largest absolute Gasteiger partial charge is 0.493 e. The third-order valence-corrected chi connectivity index (χ3v) is 5.88. The third kappa shape index (κ3) is 4.84. The molecule has 0 aliphatic carbocycles. The van der Waals surface area contributed by atoms with Gasteiger partial charge in [0, 0.05) is 22.3 Å². The summed E-state index contributed by atoms with van der Waals surface area (Å²) >= 11 is 0. The van der Waals surface area contributed by atoms with Crippen LogP contribution >= 0.6 is 0 Å². The molecule has 1 aromatic heterocycles. The van der Waals surface area contributed by atoms with Crippen LogP contribution in [-0.4, -0.2) is 32.2 Å². The lowest BCUT2D eigenvalue weighted by atomic mass is 10.1. The molecule has 7 nitrogen and oxygen atoms in total. The normalized spacial score (nSPS) is 10.8. The minimum atomic E-state index is -0.307. The van der Waals surface area contributed by atoms with Crippen molar-refractivity contribution in [2.75, 3.05) is 26.2 Å². The van der Waals surface area contributed by atoms with Crippen molar-refractivity contribution in [3.05, 3.63) is 93.3 Å². The summed E-state index contributed by atoms with van der Waals surface area (Å²) in [6, 6.07) is 18.5. The number of pyridine rings is 1.